The standard InChI is InChI=1S/C18H20N4OS4/c1-2-3-10-25-17-21-22-18(27-17)26-12-14(23)20-15(16-19-9-11-24-16)13-7-5-4-6-8-13/h4-9,11,15H,2-3,10,12H2,1H3,(H,20,23). The van der Waals surface area contributed by atoms with Gasteiger partial charge in [-0.2, -0.15) is 0 Å². The Morgan fingerprint density at radius 2 is 1.96 bits per heavy atom. The second-order valence-electron chi connectivity index (χ2n) is 5.61. The van der Waals surface area contributed by atoms with E-state index in [2.05, 4.69) is 27.4 Å². The molecule has 1 amide bonds. The van der Waals surface area contributed by atoms with Crippen molar-refractivity contribution >= 4 is 52.1 Å². The van der Waals surface area contributed by atoms with Gasteiger partial charge in [-0.05, 0) is 12.0 Å². The van der Waals surface area contributed by atoms with Crippen molar-refractivity contribution in [2.75, 3.05) is 11.5 Å². The number of nitrogens with zero attached hydrogens (tertiary/aromatic N) is 3. The molecule has 142 valence electrons. The van der Waals surface area contributed by atoms with E-state index in [9.17, 15) is 4.79 Å². The summed E-state index contributed by atoms with van der Waals surface area (Å²) < 4.78 is 1.80. The lowest BCUT2D eigenvalue weighted by Crippen LogP contribution is -2.30. The summed E-state index contributed by atoms with van der Waals surface area (Å²) in [4.78, 5) is 16.9. The molecule has 0 saturated carbocycles. The molecule has 0 aliphatic rings. The number of nitrogens with one attached hydrogen (secondary N) is 1. The van der Waals surface area contributed by atoms with E-state index in [0.717, 1.165) is 25.0 Å². The number of benzene rings is 1. The largest absolute Gasteiger partial charge is 0.342 e. The summed E-state index contributed by atoms with van der Waals surface area (Å²) in [5.74, 6) is 1.32. The third kappa shape index (κ3) is 6.31. The van der Waals surface area contributed by atoms with Gasteiger partial charge in [-0.3, -0.25) is 4.79 Å². The number of thioether (sulfide) groups is 2. The van der Waals surface area contributed by atoms with Gasteiger partial charge in [-0.1, -0.05) is 78.5 Å². The van der Waals surface area contributed by atoms with E-state index >= 15 is 0 Å². The zero-order valence-corrected chi connectivity index (χ0v) is 18.1. The van der Waals surface area contributed by atoms with Crippen LogP contribution >= 0.6 is 46.2 Å². The highest BCUT2D eigenvalue weighted by atomic mass is 32.2. The molecule has 3 aromatic rings. The summed E-state index contributed by atoms with van der Waals surface area (Å²) in [5.41, 5.74) is 1.02. The Hall–Kier alpha value is -1.42. The number of aromatic nitrogens is 3. The van der Waals surface area contributed by atoms with E-state index in [1.165, 1.54) is 35.9 Å². The van der Waals surface area contributed by atoms with Crippen molar-refractivity contribution in [2.45, 2.75) is 34.5 Å². The van der Waals surface area contributed by atoms with Crippen molar-refractivity contribution in [2.24, 2.45) is 0 Å². The smallest absolute Gasteiger partial charge is 0.231 e. The number of rotatable bonds is 10. The molecule has 0 aliphatic heterocycles. The normalized spacial score (nSPS) is 12.0. The first kappa shape index (κ1) is 20.3. The molecule has 0 fully saturated rings. The molecule has 2 heterocycles. The van der Waals surface area contributed by atoms with Gasteiger partial charge in [-0.25, -0.2) is 4.98 Å². The SMILES string of the molecule is CCCCSc1nnc(SCC(=O)NC(c2ccccc2)c2nccs2)s1. The molecule has 5 nitrogen and oxygen atoms in total. The number of carbonyl (C=O) groups is 1. The lowest BCUT2D eigenvalue weighted by Gasteiger charge is -2.16. The zero-order chi connectivity index (χ0) is 18.9. The molecule has 3 rings (SSSR count). The van der Waals surface area contributed by atoms with E-state index < -0.39 is 0 Å². The predicted octanol–water partition coefficient (Wildman–Crippen LogP) is 4.88. The molecule has 1 aromatic carbocycles. The van der Waals surface area contributed by atoms with Crippen molar-refractivity contribution in [1.29, 1.82) is 0 Å². The quantitative estimate of drug-likeness (QED) is 0.361. The van der Waals surface area contributed by atoms with Crippen LogP contribution in [-0.2, 0) is 4.79 Å². The van der Waals surface area contributed by atoms with Crippen LogP contribution in [0.25, 0.3) is 0 Å². The van der Waals surface area contributed by atoms with Crippen LogP contribution in [0, 0.1) is 0 Å². The Labute approximate surface area is 175 Å². The molecule has 2 aromatic heterocycles. The van der Waals surface area contributed by atoms with Crippen LogP contribution in [0.15, 0.2) is 50.6 Å². The maximum atomic E-state index is 12.5. The highest BCUT2D eigenvalue weighted by molar-refractivity contribution is 8.03. The second kappa shape index (κ2) is 10.8. The van der Waals surface area contributed by atoms with Crippen LogP contribution in [0.5, 0.6) is 0 Å². The van der Waals surface area contributed by atoms with Gasteiger partial charge in [0.1, 0.15) is 11.0 Å². The van der Waals surface area contributed by atoms with Crippen molar-refractivity contribution in [3.05, 3.63) is 52.5 Å². The fourth-order valence-electron chi connectivity index (χ4n) is 2.26. The van der Waals surface area contributed by atoms with E-state index in [1.54, 1.807) is 29.3 Å². The van der Waals surface area contributed by atoms with Crippen LogP contribution in [0.1, 0.15) is 36.4 Å². The molecule has 0 radical (unpaired) electrons. The van der Waals surface area contributed by atoms with Crippen LogP contribution in [-0.4, -0.2) is 32.6 Å². The first-order chi connectivity index (χ1) is 13.3. The molecule has 1 N–H and O–H groups in total. The molecular weight excluding hydrogens is 416 g/mol. The number of hydrogen-bond acceptors (Lipinski definition) is 8. The van der Waals surface area contributed by atoms with Gasteiger partial charge >= 0.3 is 0 Å². The maximum absolute atomic E-state index is 12.5. The molecule has 0 saturated heterocycles. The summed E-state index contributed by atoms with van der Waals surface area (Å²) >= 11 is 6.25. The van der Waals surface area contributed by atoms with Crippen molar-refractivity contribution in [3.8, 4) is 0 Å². The summed E-state index contributed by atoms with van der Waals surface area (Å²) in [6.07, 6.45) is 4.11. The first-order valence-corrected chi connectivity index (χ1v) is 12.3. The second-order valence-corrected chi connectivity index (χ2v) is 10.1. The minimum atomic E-state index is -0.228. The van der Waals surface area contributed by atoms with Crippen LogP contribution in [0.4, 0.5) is 0 Å². The molecule has 1 atom stereocenters. The van der Waals surface area contributed by atoms with Crippen molar-refractivity contribution < 1.29 is 4.79 Å². The highest BCUT2D eigenvalue weighted by Gasteiger charge is 2.19. The predicted molar refractivity (Wildman–Crippen MR) is 115 cm³/mol. The van der Waals surface area contributed by atoms with E-state index in [-0.39, 0.29) is 11.9 Å². The van der Waals surface area contributed by atoms with Crippen LogP contribution in [0.2, 0.25) is 0 Å². The third-order valence-corrected chi connectivity index (χ3v) is 7.69. The van der Waals surface area contributed by atoms with Gasteiger partial charge in [-0.15, -0.1) is 21.5 Å². The number of unbranched alkanes of at least 4 members (excludes halogenated alkanes) is 1. The monoisotopic (exact) mass is 436 g/mol. The summed E-state index contributed by atoms with van der Waals surface area (Å²) in [6, 6.07) is 9.68. The molecule has 0 bridgehead atoms. The average Bonchev–Trinajstić information content (AvgIpc) is 3.38. The van der Waals surface area contributed by atoms with E-state index in [4.69, 9.17) is 0 Å². The number of amides is 1. The summed E-state index contributed by atoms with van der Waals surface area (Å²) in [6.45, 7) is 2.18. The van der Waals surface area contributed by atoms with Crippen LogP contribution in [0.3, 0.4) is 0 Å². The Kier molecular flexibility index (Phi) is 8.12. The number of carbonyl (C=O) groups excluding carboxylic acids is 1. The summed E-state index contributed by atoms with van der Waals surface area (Å²) in [5, 5.41) is 14.3. The summed E-state index contributed by atoms with van der Waals surface area (Å²) in [7, 11) is 0. The third-order valence-electron chi connectivity index (χ3n) is 3.57. The Bertz CT molecular complexity index is 823. The molecule has 27 heavy (non-hydrogen) atoms. The molecule has 1 unspecified atom stereocenters. The number of hydrogen-bond donors (Lipinski definition) is 1. The minimum absolute atomic E-state index is 0.0422. The average molecular weight is 437 g/mol. The van der Waals surface area contributed by atoms with Gasteiger partial charge in [0.25, 0.3) is 0 Å². The fraction of sp³-hybridized carbons (Fsp3) is 0.333. The Morgan fingerprint density at radius 1 is 1.19 bits per heavy atom. The maximum Gasteiger partial charge on any atom is 0.231 e. The van der Waals surface area contributed by atoms with Gasteiger partial charge in [0.15, 0.2) is 8.68 Å². The number of thiazole rings is 1. The zero-order valence-electron chi connectivity index (χ0n) is 14.8. The van der Waals surface area contributed by atoms with Crippen molar-refractivity contribution in [1.82, 2.24) is 20.5 Å². The first-order valence-electron chi connectivity index (χ1n) is 8.59. The molecular formula is C18H20N4OS4. The van der Waals surface area contributed by atoms with Gasteiger partial charge in [0.05, 0.1) is 5.75 Å². The topological polar surface area (TPSA) is 67.8 Å². The fourth-order valence-corrected chi connectivity index (χ4v) is 5.96. The van der Waals surface area contributed by atoms with Gasteiger partial charge in [0, 0.05) is 17.3 Å². The minimum Gasteiger partial charge on any atom is -0.342 e. The highest BCUT2D eigenvalue weighted by Crippen LogP contribution is 2.29. The Morgan fingerprint density at radius 3 is 2.67 bits per heavy atom. The lowest BCUT2D eigenvalue weighted by molar-refractivity contribution is -0.119. The van der Waals surface area contributed by atoms with Crippen LogP contribution < -0.4 is 5.32 Å². The van der Waals surface area contributed by atoms with Gasteiger partial charge < -0.3 is 5.32 Å². The Balaban J connectivity index is 1.56. The van der Waals surface area contributed by atoms with E-state index in [0.29, 0.717) is 5.75 Å². The molecule has 9 heteroatoms. The van der Waals surface area contributed by atoms with Gasteiger partial charge in [0.2, 0.25) is 5.91 Å². The van der Waals surface area contributed by atoms with Crippen molar-refractivity contribution in [3.63, 3.8) is 0 Å². The lowest BCUT2D eigenvalue weighted by atomic mass is 10.1. The van der Waals surface area contributed by atoms with E-state index in [1.807, 2.05) is 35.7 Å². The molecule has 0 aliphatic carbocycles. The molecule has 0 spiro atoms.